The third kappa shape index (κ3) is 6.65. The number of para-hydroxylation sites is 1. The van der Waals surface area contributed by atoms with Crippen LogP contribution in [0.1, 0.15) is 5.56 Å². The van der Waals surface area contributed by atoms with E-state index >= 15 is 0 Å². The molecule has 1 N–H and O–H groups in total. The molecule has 5 heteroatoms. The van der Waals surface area contributed by atoms with Crippen LogP contribution in [0.5, 0.6) is 5.75 Å². The first kappa shape index (κ1) is 16.5. The zero-order valence-electron chi connectivity index (χ0n) is 12.7. The molecule has 0 bridgehead atoms. The normalized spacial score (nSPS) is 9.91. The molecular formula is C18H19NO4. The molecule has 1 amide bonds. The van der Waals surface area contributed by atoms with Crippen molar-refractivity contribution in [3.05, 3.63) is 66.2 Å². The van der Waals surface area contributed by atoms with Crippen LogP contribution in [-0.4, -0.2) is 31.6 Å². The van der Waals surface area contributed by atoms with Crippen molar-refractivity contribution >= 4 is 11.9 Å². The Kier molecular flexibility index (Phi) is 6.65. The van der Waals surface area contributed by atoms with Crippen molar-refractivity contribution in [2.45, 2.75) is 6.42 Å². The summed E-state index contributed by atoms with van der Waals surface area (Å²) >= 11 is 0. The van der Waals surface area contributed by atoms with E-state index in [2.05, 4.69) is 5.32 Å². The van der Waals surface area contributed by atoms with Crippen molar-refractivity contribution in [2.24, 2.45) is 0 Å². The second-order valence-corrected chi connectivity index (χ2v) is 4.83. The number of hydrogen-bond acceptors (Lipinski definition) is 4. The molecule has 2 rings (SSSR count). The van der Waals surface area contributed by atoms with Crippen LogP contribution in [0.15, 0.2) is 60.7 Å². The van der Waals surface area contributed by atoms with Crippen LogP contribution >= 0.6 is 0 Å². The van der Waals surface area contributed by atoms with Crippen molar-refractivity contribution in [3.8, 4) is 5.75 Å². The summed E-state index contributed by atoms with van der Waals surface area (Å²) in [7, 11) is 0. The molecule has 23 heavy (non-hydrogen) atoms. The minimum atomic E-state index is -0.314. The van der Waals surface area contributed by atoms with E-state index in [-0.39, 0.29) is 38.1 Å². The minimum Gasteiger partial charge on any atom is -0.484 e. The lowest BCUT2D eigenvalue weighted by Gasteiger charge is -2.08. The molecule has 0 spiro atoms. The summed E-state index contributed by atoms with van der Waals surface area (Å²) in [5.41, 5.74) is 0.901. The van der Waals surface area contributed by atoms with E-state index < -0.39 is 0 Å². The highest BCUT2D eigenvalue weighted by molar-refractivity contribution is 5.77. The van der Waals surface area contributed by atoms with Gasteiger partial charge in [0, 0.05) is 0 Å². The van der Waals surface area contributed by atoms with Gasteiger partial charge in [-0.05, 0) is 17.7 Å². The summed E-state index contributed by atoms with van der Waals surface area (Å²) in [4.78, 5) is 23.2. The molecular weight excluding hydrogens is 294 g/mol. The molecule has 0 aliphatic heterocycles. The molecule has 2 aromatic carbocycles. The summed E-state index contributed by atoms with van der Waals surface area (Å²) in [5.74, 6) is 0.0656. The van der Waals surface area contributed by atoms with E-state index in [1.165, 1.54) is 0 Å². The van der Waals surface area contributed by atoms with Gasteiger partial charge in [-0.3, -0.25) is 9.59 Å². The van der Waals surface area contributed by atoms with Gasteiger partial charge in [0.2, 0.25) is 0 Å². The molecule has 0 saturated carbocycles. The molecule has 0 saturated heterocycles. The van der Waals surface area contributed by atoms with Gasteiger partial charge in [0.25, 0.3) is 5.91 Å². The zero-order valence-corrected chi connectivity index (χ0v) is 12.7. The van der Waals surface area contributed by atoms with Crippen LogP contribution in [0.2, 0.25) is 0 Å². The topological polar surface area (TPSA) is 64.6 Å². The van der Waals surface area contributed by atoms with Crippen LogP contribution in [0.4, 0.5) is 0 Å². The maximum absolute atomic E-state index is 11.6. The number of esters is 1. The van der Waals surface area contributed by atoms with Gasteiger partial charge in [-0.25, -0.2) is 0 Å². The van der Waals surface area contributed by atoms with Gasteiger partial charge in [0.1, 0.15) is 12.4 Å². The first-order valence-electron chi connectivity index (χ1n) is 7.38. The summed E-state index contributed by atoms with van der Waals surface area (Å²) in [6, 6.07) is 18.5. The zero-order chi connectivity index (χ0) is 16.3. The molecule has 0 radical (unpaired) electrons. The average Bonchev–Trinajstić information content (AvgIpc) is 2.59. The van der Waals surface area contributed by atoms with Crippen molar-refractivity contribution in [2.75, 3.05) is 19.8 Å². The van der Waals surface area contributed by atoms with E-state index in [0.717, 1.165) is 5.56 Å². The second kappa shape index (κ2) is 9.25. The smallest absolute Gasteiger partial charge is 0.310 e. The molecule has 0 aliphatic carbocycles. The Morgan fingerprint density at radius 3 is 2.26 bits per heavy atom. The van der Waals surface area contributed by atoms with Crippen LogP contribution in [0, 0.1) is 0 Å². The average molecular weight is 313 g/mol. The number of nitrogens with one attached hydrogen (secondary N) is 1. The van der Waals surface area contributed by atoms with Gasteiger partial charge in [0.05, 0.1) is 13.0 Å². The van der Waals surface area contributed by atoms with Gasteiger partial charge in [-0.15, -0.1) is 0 Å². The van der Waals surface area contributed by atoms with Crippen molar-refractivity contribution in [1.82, 2.24) is 5.32 Å². The van der Waals surface area contributed by atoms with Gasteiger partial charge >= 0.3 is 5.97 Å². The van der Waals surface area contributed by atoms with Crippen molar-refractivity contribution in [3.63, 3.8) is 0 Å². The van der Waals surface area contributed by atoms with Gasteiger partial charge in [-0.2, -0.15) is 0 Å². The fourth-order valence-electron chi connectivity index (χ4n) is 1.89. The highest BCUT2D eigenvalue weighted by atomic mass is 16.5. The number of carbonyl (C=O) groups excluding carboxylic acids is 2. The molecule has 2 aromatic rings. The third-order valence-corrected chi connectivity index (χ3v) is 2.99. The molecule has 120 valence electrons. The predicted octanol–water partition coefficient (Wildman–Crippen LogP) is 1.97. The molecule has 0 unspecified atom stereocenters. The standard InChI is InChI=1S/C18H19NO4/c20-17(14-23-16-9-5-2-6-10-16)19-11-12-22-18(21)13-15-7-3-1-4-8-15/h1-10H,11-14H2,(H,19,20). The van der Waals surface area contributed by atoms with Crippen LogP contribution < -0.4 is 10.1 Å². The largest absolute Gasteiger partial charge is 0.484 e. The molecule has 5 nitrogen and oxygen atoms in total. The van der Waals surface area contributed by atoms with Gasteiger partial charge in [-0.1, -0.05) is 48.5 Å². The first-order chi connectivity index (χ1) is 11.2. The minimum absolute atomic E-state index is 0.0675. The maximum atomic E-state index is 11.6. The number of rotatable bonds is 8. The summed E-state index contributed by atoms with van der Waals surface area (Å²) in [5, 5.41) is 2.63. The van der Waals surface area contributed by atoms with E-state index in [1.54, 1.807) is 12.1 Å². The monoisotopic (exact) mass is 313 g/mol. The highest BCUT2D eigenvalue weighted by Crippen LogP contribution is 2.07. The molecule has 0 heterocycles. The molecule has 0 aliphatic rings. The number of hydrogen-bond donors (Lipinski definition) is 1. The quantitative estimate of drug-likeness (QED) is 0.598. The van der Waals surface area contributed by atoms with Gasteiger partial charge in [0.15, 0.2) is 6.61 Å². The molecule has 0 aromatic heterocycles. The van der Waals surface area contributed by atoms with E-state index in [4.69, 9.17) is 9.47 Å². The summed E-state index contributed by atoms with van der Waals surface area (Å²) in [6.07, 6.45) is 0.228. The maximum Gasteiger partial charge on any atom is 0.310 e. The SMILES string of the molecule is O=C(COc1ccccc1)NCCOC(=O)Cc1ccccc1. The fourth-order valence-corrected chi connectivity index (χ4v) is 1.89. The van der Waals surface area contributed by atoms with Crippen LogP contribution in [-0.2, 0) is 20.7 Å². The Bertz CT molecular complexity index is 613. The molecule has 0 atom stereocenters. The summed E-state index contributed by atoms with van der Waals surface area (Å²) < 4.78 is 10.4. The van der Waals surface area contributed by atoms with Gasteiger partial charge < -0.3 is 14.8 Å². The van der Waals surface area contributed by atoms with E-state index in [9.17, 15) is 9.59 Å². The number of amides is 1. The lowest BCUT2D eigenvalue weighted by Crippen LogP contribution is -2.32. The highest BCUT2D eigenvalue weighted by Gasteiger charge is 2.05. The third-order valence-electron chi connectivity index (χ3n) is 2.99. The fraction of sp³-hybridized carbons (Fsp3) is 0.222. The Morgan fingerprint density at radius 1 is 0.913 bits per heavy atom. The number of ether oxygens (including phenoxy) is 2. The Hall–Kier alpha value is -2.82. The van der Waals surface area contributed by atoms with Crippen LogP contribution in [0.3, 0.4) is 0 Å². The Labute approximate surface area is 135 Å². The van der Waals surface area contributed by atoms with Crippen molar-refractivity contribution in [1.29, 1.82) is 0 Å². The van der Waals surface area contributed by atoms with E-state index in [0.29, 0.717) is 5.75 Å². The number of benzene rings is 2. The Balaban J connectivity index is 1.56. The lowest BCUT2D eigenvalue weighted by atomic mass is 10.2. The van der Waals surface area contributed by atoms with E-state index in [1.807, 2.05) is 48.5 Å². The van der Waals surface area contributed by atoms with Crippen LogP contribution in [0.25, 0.3) is 0 Å². The first-order valence-corrected chi connectivity index (χ1v) is 7.38. The summed E-state index contributed by atoms with van der Waals surface area (Å²) in [6.45, 7) is 0.336. The Morgan fingerprint density at radius 2 is 1.57 bits per heavy atom. The second-order valence-electron chi connectivity index (χ2n) is 4.83. The lowest BCUT2D eigenvalue weighted by molar-refractivity contribution is -0.143. The molecule has 0 fully saturated rings. The predicted molar refractivity (Wildman–Crippen MR) is 86.1 cm³/mol. The van der Waals surface area contributed by atoms with Crippen molar-refractivity contribution < 1.29 is 19.1 Å². The number of carbonyl (C=O) groups is 2.